The number of rotatable bonds is 2. The van der Waals surface area contributed by atoms with Crippen LogP contribution in [0.5, 0.6) is 0 Å². The number of anilines is 1. The van der Waals surface area contributed by atoms with Crippen LogP contribution in [0.1, 0.15) is 31.2 Å². The van der Waals surface area contributed by atoms with Crippen LogP contribution in [-0.4, -0.2) is 23.3 Å². The Morgan fingerprint density at radius 3 is 2.43 bits per heavy atom. The van der Waals surface area contributed by atoms with Crippen molar-refractivity contribution < 1.29 is 17.6 Å². The molecule has 1 heterocycles. The van der Waals surface area contributed by atoms with E-state index in [0.29, 0.717) is 11.0 Å². The van der Waals surface area contributed by atoms with Gasteiger partial charge in [0.25, 0.3) is 0 Å². The summed E-state index contributed by atoms with van der Waals surface area (Å²) in [5.41, 5.74) is 0.830. The Bertz CT molecular complexity index is 594. The first kappa shape index (κ1) is 14.3. The molecule has 21 heavy (non-hydrogen) atoms. The standard InChI is InChI=1S/C13H14F4N4/c1-7-19-12(13(15,16)17)21(18)20(7)11-5-4-9(6-10(11)14)8-2-3-8/h4-6,8,12H,2-3,18H2,1H3. The van der Waals surface area contributed by atoms with Gasteiger partial charge in [-0.15, -0.1) is 5.12 Å². The van der Waals surface area contributed by atoms with E-state index in [1.807, 2.05) is 0 Å². The fraction of sp³-hybridized carbons (Fsp3) is 0.462. The van der Waals surface area contributed by atoms with E-state index in [-0.39, 0.29) is 11.5 Å². The van der Waals surface area contributed by atoms with Crippen molar-refractivity contribution in [3.8, 4) is 0 Å². The molecular formula is C13H14F4N4. The minimum absolute atomic E-state index is 0.00195. The van der Waals surface area contributed by atoms with E-state index in [0.717, 1.165) is 23.4 Å². The molecule has 1 fully saturated rings. The van der Waals surface area contributed by atoms with Gasteiger partial charge in [0, 0.05) is 0 Å². The topological polar surface area (TPSA) is 44.9 Å². The number of aliphatic imine (C=N–C) groups is 1. The van der Waals surface area contributed by atoms with Crippen molar-refractivity contribution in [2.24, 2.45) is 10.8 Å². The zero-order valence-electron chi connectivity index (χ0n) is 11.2. The van der Waals surface area contributed by atoms with Gasteiger partial charge in [0.05, 0.1) is 5.69 Å². The highest BCUT2D eigenvalue weighted by atomic mass is 19.4. The van der Waals surface area contributed by atoms with Gasteiger partial charge in [-0.25, -0.2) is 20.2 Å². The van der Waals surface area contributed by atoms with Crippen LogP contribution in [0.3, 0.4) is 0 Å². The molecule has 0 amide bonds. The molecule has 1 aromatic carbocycles. The SMILES string of the molecule is CC1=NC(C(F)(F)F)N(N)N1c1ccc(C2CC2)cc1F. The molecule has 2 aliphatic rings. The maximum atomic E-state index is 14.2. The second kappa shape index (κ2) is 4.67. The van der Waals surface area contributed by atoms with E-state index in [1.54, 1.807) is 6.07 Å². The third kappa shape index (κ3) is 2.49. The van der Waals surface area contributed by atoms with Crippen LogP contribution >= 0.6 is 0 Å². The Kier molecular flexibility index (Phi) is 3.18. The zero-order chi connectivity index (χ0) is 15.4. The highest BCUT2D eigenvalue weighted by Gasteiger charge is 2.49. The summed E-state index contributed by atoms with van der Waals surface area (Å²) in [5, 5.41) is 1.36. The average molecular weight is 302 g/mol. The molecule has 1 aliphatic carbocycles. The van der Waals surface area contributed by atoms with Crippen molar-refractivity contribution in [1.29, 1.82) is 0 Å². The van der Waals surface area contributed by atoms with Gasteiger partial charge in [0.15, 0.2) is 0 Å². The van der Waals surface area contributed by atoms with Gasteiger partial charge in [-0.3, -0.25) is 0 Å². The van der Waals surface area contributed by atoms with Crippen LogP contribution < -0.4 is 10.9 Å². The monoisotopic (exact) mass is 302 g/mol. The van der Waals surface area contributed by atoms with Crippen LogP contribution in [0, 0.1) is 5.82 Å². The van der Waals surface area contributed by atoms with Crippen molar-refractivity contribution in [3.05, 3.63) is 29.6 Å². The number of amidine groups is 1. The average Bonchev–Trinajstić information content (AvgIpc) is 3.16. The van der Waals surface area contributed by atoms with E-state index in [1.165, 1.54) is 19.1 Å². The molecule has 2 N–H and O–H groups in total. The Labute approximate surface area is 118 Å². The summed E-state index contributed by atoms with van der Waals surface area (Å²) < 4.78 is 52.6. The van der Waals surface area contributed by atoms with E-state index in [4.69, 9.17) is 5.84 Å². The van der Waals surface area contributed by atoms with Gasteiger partial charge < -0.3 is 0 Å². The summed E-state index contributed by atoms with van der Waals surface area (Å²) >= 11 is 0. The van der Waals surface area contributed by atoms with E-state index in [9.17, 15) is 17.6 Å². The molecule has 0 bridgehead atoms. The first-order chi connectivity index (χ1) is 9.79. The van der Waals surface area contributed by atoms with Crippen LogP contribution in [0.15, 0.2) is 23.2 Å². The molecule has 1 saturated carbocycles. The lowest BCUT2D eigenvalue weighted by Gasteiger charge is -2.29. The molecule has 0 radical (unpaired) electrons. The minimum atomic E-state index is -4.62. The van der Waals surface area contributed by atoms with E-state index < -0.39 is 18.2 Å². The fourth-order valence-electron chi connectivity index (χ4n) is 2.45. The van der Waals surface area contributed by atoms with Gasteiger partial charge in [-0.2, -0.15) is 13.2 Å². The molecule has 0 saturated heterocycles. The van der Waals surface area contributed by atoms with E-state index in [2.05, 4.69) is 4.99 Å². The van der Waals surface area contributed by atoms with Gasteiger partial charge in [-0.05, 0) is 43.4 Å². The highest BCUT2D eigenvalue weighted by molar-refractivity contribution is 5.96. The predicted octanol–water partition coefficient (Wildman–Crippen LogP) is 2.92. The minimum Gasteiger partial charge on any atom is -0.248 e. The number of halogens is 4. The molecule has 1 atom stereocenters. The smallest absolute Gasteiger partial charge is 0.248 e. The van der Waals surface area contributed by atoms with Crippen molar-refractivity contribution in [3.63, 3.8) is 0 Å². The first-order valence-corrected chi connectivity index (χ1v) is 6.53. The molecule has 3 rings (SSSR count). The van der Waals surface area contributed by atoms with Gasteiger partial charge in [0.1, 0.15) is 11.7 Å². The van der Waals surface area contributed by atoms with Crippen LogP contribution in [0.4, 0.5) is 23.2 Å². The summed E-state index contributed by atoms with van der Waals surface area (Å²) in [4.78, 5) is 3.46. The lowest BCUT2D eigenvalue weighted by atomic mass is 10.1. The fourth-order valence-corrected chi connectivity index (χ4v) is 2.45. The second-order valence-electron chi connectivity index (χ2n) is 5.27. The molecule has 0 spiro atoms. The Hall–Kier alpha value is -1.67. The number of hydrazine groups is 2. The molecule has 8 heteroatoms. The lowest BCUT2D eigenvalue weighted by Crippen LogP contribution is -2.54. The summed E-state index contributed by atoms with van der Waals surface area (Å²) in [7, 11) is 0. The lowest BCUT2D eigenvalue weighted by molar-refractivity contribution is -0.178. The number of hydrogen-bond acceptors (Lipinski definition) is 4. The van der Waals surface area contributed by atoms with Crippen LogP contribution in [-0.2, 0) is 0 Å². The summed E-state index contributed by atoms with van der Waals surface area (Å²) in [5.74, 6) is 5.22. The second-order valence-corrected chi connectivity index (χ2v) is 5.27. The third-order valence-corrected chi connectivity index (χ3v) is 3.64. The largest absolute Gasteiger partial charge is 0.427 e. The zero-order valence-corrected chi connectivity index (χ0v) is 11.2. The number of hydrogen-bond donors (Lipinski definition) is 1. The molecular weight excluding hydrogens is 288 g/mol. The van der Waals surface area contributed by atoms with Gasteiger partial charge in [0.2, 0.25) is 6.17 Å². The summed E-state index contributed by atoms with van der Waals surface area (Å²) in [6, 6.07) is 4.52. The number of nitrogens with two attached hydrogens (primary N) is 1. The van der Waals surface area contributed by atoms with Crippen molar-refractivity contribution in [2.45, 2.75) is 38.0 Å². The van der Waals surface area contributed by atoms with Crippen molar-refractivity contribution in [1.82, 2.24) is 5.12 Å². The summed E-state index contributed by atoms with van der Waals surface area (Å²) in [6.07, 6.45) is -4.78. The van der Waals surface area contributed by atoms with Crippen LogP contribution in [0.2, 0.25) is 0 Å². The highest BCUT2D eigenvalue weighted by Crippen LogP contribution is 2.41. The van der Waals surface area contributed by atoms with Crippen LogP contribution in [0.25, 0.3) is 0 Å². The quantitative estimate of drug-likeness (QED) is 0.675. The maximum absolute atomic E-state index is 14.2. The Morgan fingerprint density at radius 1 is 1.29 bits per heavy atom. The van der Waals surface area contributed by atoms with E-state index >= 15 is 0 Å². The summed E-state index contributed by atoms with van der Waals surface area (Å²) in [6.45, 7) is 1.36. The third-order valence-electron chi connectivity index (χ3n) is 3.64. The molecule has 4 nitrogen and oxygen atoms in total. The normalized spacial score (nSPS) is 23.6. The molecule has 114 valence electrons. The van der Waals surface area contributed by atoms with Gasteiger partial charge in [-0.1, -0.05) is 6.07 Å². The predicted molar refractivity (Wildman–Crippen MR) is 69.8 cm³/mol. The Morgan fingerprint density at radius 2 is 1.95 bits per heavy atom. The number of nitrogens with zero attached hydrogens (tertiary/aromatic N) is 3. The van der Waals surface area contributed by atoms with Crippen molar-refractivity contribution in [2.75, 3.05) is 5.01 Å². The molecule has 1 aliphatic heterocycles. The number of benzene rings is 1. The van der Waals surface area contributed by atoms with Crippen molar-refractivity contribution >= 4 is 11.5 Å². The first-order valence-electron chi connectivity index (χ1n) is 6.53. The Balaban J connectivity index is 1.92. The van der Waals surface area contributed by atoms with Gasteiger partial charge >= 0.3 is 6.18 Å². The maximum Gasteiger partial charge on any atom is 0.427 e. The molecule has 1 aromatic rings. The number of alkyl halides is 3. The molecule has 0 aromatic heterocycles. The molecule has 1 unspecified atom stereocenters.